The summed E-state index contributed by atoms with van der Waals surface area (Å²) in [5.74, 6) is 0.147. The first-order valence-corrected chi connectivity index (χ1v) is 9.48. The maximum absolute atomic E-state index is 12.7. The fraction of sp³-hybridized carbons (Fsp3) is 0.190. The lowest BCUT2D eigenvalue weighted by atomic mass is 10.1. The van der Waals surface area contributed by atoms with E-state index >= 15 is 0 Å². The smallest absolute Gasteiger partial charge is 0.325 e. The summed E-state index contributed by atoms with van der Waals surface area (Å²) in [6.07, 6.45) is 0.418. The summed E-state index contributed by atoms with van der Waals surface area (Å²) >= 11 is 0. The Kier molecular flexibility index (Phi) is 5.25. The van der Waals surface area contributed by atoms with Crippen molar-refractivity contribution < 1.29 is 9.59 Å². The zero-order valence-corrected chi connectivity index (χ0v) is 16.4. The lowest BCUT2D eigenvalue weighted by Gasteiger charge is -2.13. The average molecular weight is 403 g/mol. The first kappa shape index (κ1) is 19.3. The lowest BCUT2D eigenvalue weighted by Crippen LogP contribution is -2.32. The fourth-order valence-corrected chi connectivity index (χ4v) is 3.19. The SMILES string of the molecule is Cc1ccc(Nc2nc(N)nc(CN3C(=O)NC(Cc4ccccc4)C3=O)n2)cc1. The molecule has 0 spiro atoms. The third-order valence-corrected chi connectivity index (χ3v) is 4.70. The number of benzene rings is 2. The van der Waals surface area contributed by atoms with Crippen molar-refractivity contribution in [2.45, 2.75) is 25.9 Å². The van der Waals surface area contributed by atoms with Crippen LogP contribution in [0.2, 0.25) is 0 Å². The van der Waals surface area contributed by atoms with Gasteiger partial charge < -0.3 is 16.4 Å². The second kappa shape index (κ2) is 8.16. The molecule has 2 aromatic carbocycles. The van der Waals surface area contributed by atoms with Crippen LogP contribution in [-0.4, -0.2) is 37.8 Å². The van der Waals surface area contributed by atoms with E-state index in [1.807, 2.05) is 61.5 Å². The first-order valence-electron chi connectivity index (χ1n) is 9.48. The van der Waals surface area contributed by atoms with E-state index in [2.05, 4.69) is 25.6 Å². The van der Waals surface area contributed by atoms with Gasteiger partial charge in [0.05, 0.1) is 6.54 Å². The summed E-state index contributed by atoms with van der Waals surface area (Å²) in [4.78, 5) is 38.6. The molecule has 4 rings (SSSR count). The zero-order valence-electron chi connectivity index (χ0n) is 16.4. The Balaban J connectivity index is 1.48. The molecular weight excluding hydrogens is 382 g/mol. The van der Waals surface area contributed by atoms with Gasteiger partial charge in [-0.2, -0.15) is 15.0 Å². The molecule has 1 unspecified atom stereocenters. The molecule has 3 aromatic rings. The van der Waals surface area contributed by atoms with Crippen LogP contribution in [0.15, 0.2) is 54.6 Å². The highest BCUT2D eigenvalue weighted by molar-refractivity contribution is 6.04. The Morgan fingerprint density at radius 1 is 1.03 bits per heavy atom. The number of nitrogens with two attached hydrogens (primary N) is 1. The molecule has 152 valence electrons. The van der Waals surface area contributed by atoms with Crippen LogP contribution in [0.1, 0.15) is 17.0 Å². The van der Waals surface area contributed by atoms with E-state index in [0.717, 1.165) is 21.7 Å². The van der Waals surface area contributed by atoms with Gasteiger partial charge in [0, 0.05) is 12.1 Å². The number of aryl methyl sites for hydroxylation is 1. The van der Waals surface area contributed by atoms with Crippen molar-refractivity contribution in [3.05, 3.63) is 71.5 Å². The highest BCUT2D eigenvalue weighted by atomic mass is 16.2. The van der Waals surface area contributed by atoms with Gasteiger partial charge in [-0.3, -0.25) is 9.69 Å². The minimum absolute atomic E-state index is 0.00232. The Hall–Kier alpha value is -4.01. The van der Waals surface area contributed by atoms with Gasteiger partial charge in [-0.05, 0) is 24.6 Å². The molecule has 0 saturated carbocycles. The highest BCUT2D eigenvalue weighted by Crippen LogP contribution is 2.17. The second-order valence-electron chi connectivity index (χ2n) is 7.04. The van der Waals surface area contributed by atoms with Crippen molar-refractivity contribution in [2.75, 3.05) is 11.1 Å². The number of amides is 3. The van der Waals surface area contributed by atoms with E-state index in [9.17, 15) is 9.59 Å². The summed E-state index contributed by atoms with van der Waals surface area (Å²) in [7, 11) is 0. The number of urea groups is 1. The van der Waals surface area contributed by atoms with Crippen molar-refractivity contribution >= 4 is 29.5 Å². The van der Waals surface area contributed by atoms with E-state index < -0.39 is 12.1 Å². The van der Waals surface area contributed by atoms with E-state index in [0.29, 0.717) is 6.42 Å². The molecule has 1 aliphatic heterocycles. The second-order valence-corrected chi connectivity index (χ2v) is 7.04. The van der Waals surface area contributed by atoms with Gasteiger partial charge in [-0.1, -0.05) is 48.0 Å². The lowest BCUT2D eigenvalue weighted by molar-refractivity contribution is -0.127. The summed E-state index contributed by atoms with van der Waals surface area (Å²) in [6, 6.07) is 16.1. The molecule has 9 heteroatoms. The summed E-state index contributed by atoms with van der Waals surface area (Å²) in [5, 5.41) is 5.77. The molecule has 30 heavy (non-hydrogen) atoms. The minimum atomic E-state index is -0.621. The molecule has 0 bridgehead atoms. The Morgan fingerprint density at radius 3 is 2.50 bits per heavy atom. The van der Waals surface area contributed by atoms with E-state index in [1.54, 1.807) is 0 Å². The van der Waals surface area contributed by atoms with E-state index in [1.165, 1.54) is 0 Å². The Morgan fingerprint density at radius 2 is 1.77 bits per heavy atom. The van der Waals surface area contributed by atoms with E-state index in [4.69, 9.17) is 5.73 Å². The van der Waals surface area contributed by atoms with Crippen LogP contribution in [0.5, 0.6) is 0 Å². The number of aromatic nitrogens is 3. The van der Waals surface area contributed by atoms with Crippen LogP contribution in [0.25, 0.3) is 0 Å². The van der Waals surface area contributed by atoms with Crippen LogP contribution in [0, 0.1) is 6.92 Å². The summed E-state index contributed by atoms with van der Waals surface area (Å²) in [5.41, 5.74) is 8.68. The molecular formula is C21H21N7O2. The number of hydrogen-bond acceptors (Lipinski definition) is 7. The van der Waals surface area contributed by atoms with Crippen molar-refractivity contribution in [3.8, 4) is 0 Å². The third kappa shape index (κ3) is 4.35. The molecule has 1 aliphatic rings. The number of carbonyl (C=O) groups is 2. The fourth-order valence-electron chi connectivity index (χ4n) is 3.19. The van der Waals surface area contributed by atoms with Gasteiger partial charge >= 0.3 is 6.03 Å². The molecule has 1 saturated heterocycles. The zero-order chi connectivity index (χ0) is 21.1. The monoisotopic (exact) mass is 403 g/mol. The Bertz CT molecular complexity index is 1070. The van der Waals surface area contributed by atoms with Crippen LogP contribution in [0.3, 0.4) is 0 Å². The molecule has 1 fully saturated rings. The quantitative estimate of drug-likeness (QED) is 0.538. The van der Waals surface area contributed by atoms with Crippen molar-refractivity contribution in [1.82, 2.24) is 25.2 Å². The van der Waals surface area contributed by atoms with E-state index in [-0.39, 0.29) is 30.2 Å². The topological polar surface area (TPSA) is 126 Å². The molecule has 1 atom stereocenters. The van der Waals surface area contributed by atoms with Gasteiger partial charge in [0.2, 0.25) is 11.9 Å². The predicted octanol–water partition coefficient (Wildman–Crippen LogP) is 2.17. The summed E-state index contributed by atoms with van der Waals surface area (Å²) < 4.78 is 0. The third-order valence-electron chi connectivity index (χ3n) is 4.70. The maximum Gasteiger partial charge on any atom is 0.325 e. The molecule has 4 N–H and O–H groups in total. The van der Waals surface area contributed by atoms with Gasteiger partial charge in [-0.25, -0.2) is 4.79 Å². The van der Waals surface area contributed by atoms with Crippen LogP contribution >= 0.6 is 0 Å². The molecule has 0 aliphatic carbocycles. The molecule has 9 nitrogen and oxygen atoms in total. The van der Waals surface area contributed by atoms with Crippen molar-refractivity contribution in [1.29, 1.82) is 0 Å². The largest absolute Gasteiger partial charge is 0.368 e. The number of nitrogens with one attached hydrogen (secondary N) is 2. The number of nitrogens with zero attached hydrogens (tertiary/aromatic N) is 4. The number of carbonyl (C=O) groups excluding carboxylic acids is 2. The highest BCUT2D eigenvalue weighted by Gasteiger charge is 2.38. The van der Waals surface area contributed by atoms with Gasteiger partial charge in [0.25, 0.3) is 5.91 Å². The number of nitrogen functional groups attached to an aromatic ring is 1. The molecule has 3 amide bonds. The molecule has 1 aromatic heterocycles. The molecule has 2 heterocycles. The van der Waals surface area contributed by atoms with Crippen molar-refractivity contribution in [3.63, 3.8) is 0 Å². The van der Waals surface area contributed by atoms with Crippen molar-refractivity contribution in [2.24, 2.45) is 0 Å². The number of rotatable bonds is 6. The first-order chi connectivity index (χ1) is 14.5. The van der Waals surface area contributed by atoms with Gasteiger partial charge in [-0.15, -0.1) is 0 Å². The standard InChI is InChI=1S/C21H21N7O2/c1-13-7-9-15(10-8-13)23-20-26-17(25-19(22)27-20)12-28-18(29)16(24-21(28)30)11-14-5-3-2-4-6-14/h2-10,16H,11-12H2,1H3,(H,24,30)(H3,22,23,25,26,27). The van der Waals surface area contributed by atoms with Crippen LogP contribution in [0.4, 0.5) is 22.4 Å². The van der Waals surface area contributed by atoms with Gasteiger partial charge in [0.15, 0.2) is 5.82 Å². The van der Waals surface area contributed by atoms with Gasteiger partial charge in [0.1, 0.15) is 6.04 Å². The average Bonchev–Trinajstić information content (AvgIpc) is 2.97. The number of imide groups is 1. The normalized spacial score (nSPS) is 15.9. The summed E-state index contributed by atoms with van der Waals surface area (Å²) in [6.45, 7) is 1.90. The number of hydrogen-bond donors (Lipinski definition) is 3. The predicted molar refractivity (Wildman–Crippen MR) is 112 cm³/mol. The van der Waals surface area contributed by atoms with Crippen LogP contribution in [-0.2, 0) is 17.8 Å². The Labute approximate surface area is 173 Å². The maximum atomic E-state index is 12.7. The molecule has 0 radical (unpaired) electrons. The van der Waals surface area contributed by atoms with Crippen LogP contribution < -0.4 is 16.4 Å². The number of anilines is 3. The minimum Gasteiger partial charge on any atom is -0.368 e.